The fraction of sp³-hybridized carbons (Fsp3) is 1.00. The molecule has 4 rings (SSSR count). The SMILES string of the molecule is CCCP(=O)(OC1CCC(OCC2CCCCC2)CC1)OC1CCC(OCC2CCCCC2)CC1. The molecular formula is C29H53O5P. The molecule has 0 heterocycles. The summed E-state index contributed by atoms with van der Waals surface area (Å²) in [6, 6.07) is 0. The lowest BCUT2D eigenvalue weighted by Crippen LogP contribution is -2.30. The lowest BCUT2D eigenvalue weighted by molar-refractivity contribution is -0.0295. The summed E-state index contributed by atoms with van der Waals surface area (Å²) in [4.78, 5) is 0. The molecule has 0 spiro atoms. The van der Waals surface area contributed by atoms with Gasteiger partial charge >= 0.3 is 7.60 Å². The Kier molecular flexibility index (Phi) is 11.9. The molecule has 4 saturated carbocycles. The molecule has 4 aliphatic carbocycles. The molecule has 4 fully saturated rings. The third-order valence-corrected chi connectivity index (χ3v) is 11.2. The van der Waals surface area contributed by atoms with Crippen LogP contribution in [0, 0.1) is 11.8 Å². The van der Waals surface area contributed by atoms with Crippen LogP contribution in [-0.4, -0.2) is 43.8 Å². The van der Waals surface area contributed by atoms with Gasteiger partial charge in [0.15, 0.2) is 0 Å². The first-order valence-corrected chi connectivity index (χ1v) is 17.0. The Bertz CT molecular complexity index is 567. The standard InChI is InChI=1S/C29H53O5P/c1-2-21-35(30,33-28-17-13-26(14-18-28)31-22-24-9-5-3-6-10-24)34-29-19-15-27(16-20-29)32-23-25-11-7-4-8-12-25/h24-29H,2-23H2,1H3. The summed E-state index contributed by atoms with van der Waals surface area (Å²) >= 11 is 0. The quantitative estimate of drug-likeness (QED) is 0.246. The summed E-state index contributed by atoms with van der Waals surface area (Å²) in [6.45, 7) is 3.94. The third kappa shape index (κ3) is 9.71. The van der Waals surface area contributed by atoms with E-state index in [2.05, 4.69) is 6.92 Å². The number of rotatable bonds is 12. The van der Waals surface area contributed by atoms with Crippen molar-refractivity contribution in [2.45, 2.75) is 153 Å². The van der Waals surface area contributed by atoms with E-state index < -0.39 is 7.60 Å². The van der Waals surface area contributed by atoms with E-state index in [4.69, 9.17) is 18.5 Å². The zero-order valence-corrected chi connectivity index (χ0v) is 23.4. The molecule has 0 unspecified atom stereocenters. The van der Waals surface area contributed by atoms with E-state index >= 15 is 0 Å². The Morgan fingerprint density at radius 2 is 0.914 bits per heavy atom. The van der Waals surface area contributed by atoms with Gasteiger partial charge in [-0.1, -0.05) is 45.4 Å². The maximum atomic E-state index is 13.7. The summed E-state index contributed by atoms with van der Waals surface area (Å²) < 4.78 is 38.7. The number of hydrogen-bond acceptors (Lipinski definition) is 5. The van der Waals surface area contributed by atoms with E-state index in [0.717, 1.165) is 82.8 Å². The zero-order chi connectivity index (χ0) is 24.3. The first kappa shape index (κ1) is 28.1. The van der Waals surface area contributed by atoms with Crippen LogP contribution < -0.4 is 0 Å². The molecule has 0 amide bonds. The van der Waals surface area contributed by atoms with Gasteiger partial charge in [-0.2, -0.15) is 0 Å². The summed E-state index contributed by atoms with van der Waals surface area (Å²) in [5, 5.41) is 0. The van der Waals surface area contributed by atoms with Crippen LogP contribution >= 0.6 is 7.60 Å². The van der Waals surface area contributed by atoms with Crippen LogP contribution in [0.4, 0.5) is 0 Å². The van der Waals surface area contributed by atoms with Crippen LogP contribution in [-0.2, 0) is 23.1 Å². The normalized spacial score (nSPS) is 33.4. The third-order valence-electron chi connectivity index (χ3n) is 8.94. The van der Waals surface area contributed by atoms with Crippen LogP contribution in [0.5, 0.6) is 0 Å². The molecule has 0 radical (unpaired) electrons. The van der Waals surface area contributed by atoms with Gasteiger partial charge in [0.2, 0.25) is 0 Å². The first-order valence-electron chi connectivity index (χ1n) is 15.3. The Morgan fingerprint density at radius 3 is 1.29 bits per heavy atom. The van der Waals surface area contributed by atoms with E-state index in [0.29, 0.717) is 18.4 Å². The molecule has 35 heavy (non-hydrogen) atoms. The Morgan fingerprint density at radius 1 is 0.543 bits per heavy atom. The zero-order valence-electron chi connectivity index (χ0n) is 22.5. The van der Waals surface area contributed by atoms with E-state index in [1.54, 1.807) is 0 Å². The highest BCUT2D eigenvalue weighted by Gasteiger charge is 2.35. The summed E-state index contributed by atoms with van der Waals surface area (Å²) in [7, 11) is -3.05. The van der Waals surface area contributed by atoms with Crippen molar-refractivity contribution in [1.82, 2.24) is 0 Å². The Balaban J connectivity index is 1.14. The van der Waals surface area contributed by atoms with Crippen LogP contribution in [0.25, 0.3) is 0 Å². The molecule has 4 aliphatic rings. The fourth-order valence-corrected chi connectivity index (χ4v) is 8.86. The average molecular weight is 513 g/mol. The molecule has 0 aromatic heterocycles. The van der Waals surface area contributed by atoms with Crippen molar-refractivity contribution in [2.24, 2.45) is 11.8 Å². The van der Waals surface area contributed by atoms with Crippen molar-refractivity contribution < 1.29 is 23.1 Å². The van der Waals surface area contributed by atoms with E-state index in [1.807, 2.05) is 0 Å². The van der Waals surface area contributed by atoms with Crippen molar-refractivity contribution in [3.8, 4) is 0 Å². The first-order chi connectivity index (χ1) is 17.1. The van der Waals surface area contributed by atoms with Gasteiger partial charge in [-0.15, -0.1) is 0 Å². The molecule has 0 aromatic rings. The van der Waals surface area contributed by atoms with E-state index in [1.165, 1.54) is 64.2 Å². The summed E-state index contributed by atoms with van der Waals surface area (Å²) in [5.74, 6) is 1.53. The highest BCUT2D eigenvalue weighted by molar-refractivity contribution is 7.53. The van der Waals surface area contributed by atoms with Crippen molar-refractivity contribution in [1.29, 1.82) is 0 Å². The monoisotopic (exact) mass is 512 g/mol. The smallest absolute Gasteiger partial charge is 0.331 e. The minimum Gasteiger partial charge on any atom is -0.378 e. The Hall–Kier alpha value is 0.0700. The van der Waals surface area contributed by atoms with Crippen LogP contribution in [0.15, 0.2) is 0 Å². The number of hydrogen-bond donors (Lipinski definition) is 0. The molecule has 6 heteroatoms. The van der Waals surface area contributed by atoms with E-state index in [9.17, 15) is 4.57 Å². The van der Waals surface area contributed by atoms with Crippen LogP contribution in [0.3, 0.4) is 0 Å². The molecule has 0 aliphatic heterocycles. The highest BCUT2D eigenvalue weighted by atomic mass is 31.2. The van der Waals surface area contributed by atoms with Gasteiger partial charge in [-0.3, -0.25) is 4.57 Å². The minimum atomic E-state index is -3.05. The van der Waals surface area contributed by atoms with Crippen molar-refractivity contribution in [2.75, 3.05) is 19.4 Å². The minimum absolute atomic E-state index is 0.0529. The van der Waals surface area contributed by atoms with E-state index in [-0.39, 0.29) is 12.2 Å². The van der Waals surface area contributed by atoms with Crippen LogP contribution in [0.2, 0.25) is 0 Å². The molecule has 0 bridgehead atoms. The molecule has 0 saturated heterocycles. The van der Waals surface area contributed by atoms with Gasteiger partial charge in [0.05, 0.1) is 24.4 Å². The average Bonchev–Trinajstić information content (AvgIpc) is 2.89. The topological polar surface area (TPSA) is 54.0 Å². The van der Waals surface area contributed by atoms with Gasteiger partial charge in [-0.25, -0.2) is 0 Å². The highest BCUT2D eigenvalue weighted by Crippen LogP contribution is 2.54. The van der Waals surface area contributed by atoms with Gasteiger partial charge in [0, 0.05) is 19.4 Å². The largest absolute Gasteiger partial charge is 0.378 e. The summed E-state index contributed by atoms with van der Waals surface area (Å²) in [5.41, 5.74) is 0. The maximum absolute atomic E-state index is 13.7. The van der Waals surface area contributed by atoms with Crippen molar-refractivity contribution >= 4 is 7.60 Å². The molecule has 5 nitrogen and oxygen atoms in total. The molecule has 0 atom stereocenters. The van der Waals surface area contributed by atoms with Gasteiger partial charge < -0.3 is 18.5 Å². The van der Waals surface area contributed by atoms with Gasteiger partial charge in [-0.05, 0) is 95.3 Å². The maximum Gasteiger partial charge on any atom is 0.331 e. The fourth-order valence-electron chi connectivity index (χ4n) is 6.72. The number of ether oxygens (including phenoxy) is 2. The Labute approximate surface area is 215 Å². The van der Waals surface area contributed by atoms with Crippen molar-refractivity contribution in [3.63, 3.8) is 0 Å². The second-order valence-corrected chi connectivity index (χ2v) is 14.1. The molecule has 0 N–H and O–H groups in total. The molecular weight excluding hydrogens is 459 g/mol. The second kappa shape index (κ2) is 14.9. The lowest BCUT2D eigenvalue weighted by atomic mass is 9.89. The molecule has 0 aromatic carbocycles. The predicted octanol–water partition coefficient (Wildman–Crippen LogP) is 8.44. The van der Waals surface area contributed by atoms with Crippen molar-refractivity contribution in [3.05, 3.63) is 0 Å². The molecule has 204 valence electrons. The second-order valence-electron chi connectivity index (χ2n) is 12.0. The van der Waals surface area contributed by atoms with Crippen LogP contribution in [0.1, 0.15) is 129 Å². The van der Waals surface area contributed by atoms with Gasteiger partial charge in [0.25, 0.3) is 0 Å². The van der Waals surface area contributed by atoms with Gasteiger partial charge in [0.1, 0.15) is 0 Å². The predicted molar refractivity (Wildman–Crippen MR) is 142 cm³/mol. The summed E-state index contributed by atoms with van der Waals surface area (Å²) in [6.07, 6.45) is 23.6. The lowest BCUT2D eigenvalue weighted by Gasteiger charge is -2.35.